The number of aryl methyl sites for hydroxylation is 1. The van der Waals surface area contributed by atoms with Crippen LogP contribution in [0.25, 0.3) is 0 Å². The first-order valence-electron chi connectivity index (χ1n) is 9.01. The van der Waals surface area contributed by atoms with Crippen LogP contribution in [0.5, 0.6) is 0 Å². The molecule has 1 fully saturated rings. The Morgan fingerprint density at radius 2 is 1.86 bits per heavy atom. The molecule has 0 aliphatic heterocycles. The summed E-state index contributed by atoms with van der Waals surface area (Å²) in [6.07, 6.45) is 12.8. The van der Waals surface area contributed by atoms with Crippen LogP contribution in [0.15, 0.2) is 0 Å². The minimum Gasteiger partial charge on any atom is -0.384 e. The molecule has 0 bridgehead atoms. The number of imidazole rings is 1. The summed E-state index contributed by atoms with van der Waals surface area (Å²) in [5, 5.41) is 0. The Morgan fingerprint density at radius 1 is 1.14 bits per heavy atom. The van der Waals surface area contributed by atoms with Gasteiger partial charge in [0.05, 0.1) is 5.69 Å². The average molecular weight is 291 g/mol. The molecule has 0 saturated heterocycles. The smallest absolute Gasteiger partial charge is 0.127 e. The Kier molecular flexibility index (Phi) is 6.13. The summed E-state index contributed by atoms with van der Waals surface area (Å²) >= 11 is 0. The van der Waals surface area contributed by atoms with Crippen molar-refractivity contribution in [1.82, 2.24) is 9.55 Å². The first-order valence-corrected chi connectivity index (χ1v) is 9.01. The molecule has 0 amide bonds. The highest BCUT2D eigenvalue weighted by Crippen LogP contribution is 2.35. The van der Waals surface area contributed by atoms with Gasteiger partial charge in [-0.25, -0.2) is 4.98 Å². The number of hydrogen-bond donors (Lipinski definition) is 1. The van der Waals surface area contributed by atoms with Gasteiger partial charge in [0.15, 0.2) is 0 Å². The van der Waals surface area contributed by atoms with Crippen molar-refractivity contribution in [1.29, 1.82) is 0 Å². The Hall–Kier alpha value is -0.990. The zero-order chi connectivity index (χ0) is 15.2. The quantitative estimate of drug-likeness (QED) is 0.700. The van der Waals surface area contributed by atoms with Crippen LogP contribution in [-0.4, -0.2) is 9.55 Å². The molecule has 1 heterocycles. The molecule has 1 saturated carbocycles. The number of hydrogen-bond acceptors (Lipinski definition) is 2. The van der Waals surface area contributed by atoms with E-state index in [2.05, 4.69) is 25.3 Å². The third-order valence-electron chi connectivity index (χ3n) is 4.81. The molecule has 0 aromatic carbocycles. The lowest BCUT2D eigenvalue weighted by Crippen LogP contribution is -2.15. The molecule has 0 radical (unpaired) electrons. The Bertz CT molecular complexity index is 428. The van der Waals surface area contributed by atoms with E-state index < -0.39 is 0 Å². The highest BCUT2D eigenvalue weighted by Gasteiger charge is 2.25. The van der Waals surface area contributed by atoms with Crippen LogP contribution in [0.2, 0.25) is 0 Å². The number of aromatic nitrogens is 2. The van der Waals surface area contributed by atoms with E-state index in [0.29, 0.717) is 12.0 Å². The fourth-order valence-corrected chi connectivity index (χ4v) is 3.61. The van der Waals surface area contributed by atoms with Crippen molar-refractivity contribution in [2.75, 3.05) is 5.73 Å². The lowest BCUT2D eigenvalue weighted by Gasteiger charge is -2.24. The van der Waals surface area contributed by atoms with Crippen LogP contribution >= 0.6 is 0 Å². The fourth-order valence-electron chi connectivity index (χ4n) is 3.61. The van der Waals surface area contributed by atoms with Crippen molar-refractivity contribution in [2.24, 2.45) is 0 Å². The summed E-state index contributed by atoms with van der Waals surface area (Å²) in [5.74, 6) is 2.84. The van der Waals surface area contributed by atoms with Crippen molar-refractivity contribution in [2.45, 2.75) is 96.9 Å². The summed E-state index contributed by atoms with van der Waals surface area (Å²) in [6.45, 7) is 6.71. The number of rotatable bonds is 7. The van der Waals surface area contributed by atoms with Gasteiger partial charge in [-0.05, 0) is 39.5 Å². The summed E-state index contributed by atoms with van der Waals surface area (Å²) < 4.78 is 2.31. The largest absolute Gasteiger partial charge is 0.384 e. The summed E-state index contributed by atoms with van der Waals surface area (Å²) in [4.78, 5) is 4.99. The minimum absolute atomic E-state index is 0.416. The fraction of sp³-hybridized carbons (Fsp3) is 0.833. The van der Waals surface area contributed by atoms with Gasteiger partial charge in [0.2, 0.25) is 0 Å². The highest BCUT2D eigenvalue weighted by atomic mass is 15.2. The van der Waals surface area contributed by atoms with Gasteiger partial charge in [-0.2, -0.15) is 0 Å². The van der Waals surface area contributed by atoms with E-state index in [1.54, 1.807) is 0 Å². The maximum atomic E-state index is 6.43. The molecule has 1 aliphatic rings. The van der Waals surface area contributed by atoms with E-state index >= 15 is 0 Å². The van der Waals surface area contributed by atoms with E-state index in [1.807, 2.05) is 0 Å². The van der Waals surface area contributed by atoms with Crippen molar-refractivity contribution < 1.29 is 0 Å². The molecule has 120 valence electrons. The lowest BCUT2D eigenvalue weighted by atomic mass is 9.88. The van der Waals surface area contributed by atoms with Crippen molar-refractivity contribution in [3.05, 3.63) is 11.5 Å². The van der Waals surface area contributed by atoms with Crippen LogP contribution in [-0.2, 0) is 6.42 Å². The number of unbranched alkanes of at least 4 members (excludes halogenated alkanes) is 3. The van der Waals surface area contributed by atoms with Crippen LogP contribution in [0.3, 0.4) is 0 Å². The van der Waals surface area contributed by atoms with Crippen LogP contribution < -0.4 is 5.73 Å². The molecular formula is C18H33N3. The number of nitrogen functional groups attached to an aromatic ring is 1. The third kappa shape index (κ3) is 4.02. The molecular weight excluding hydrogens is 258 g/mol. The monoisotopic (exact) mass is 291 g/mol. The van der Waals surface area contributed by atoms with Gasteiger partial charge >= 0.3 is 0 Å². The second-order valence-electron chi connectivity index (χ2n) is 6.91. The molecule has 1 aromatic rings. The van der Waals surface area contributed by atoms with Crippen molar-refractivity contribution in [3.8, 4) is 0 Å². The first kappa shape index (κ1) is 16.4. The Balaban J connectivity index is 2.14. The number of nitrogens with two attached hydrogens (primary N) is 1. The summed E-state index contributed by atoms with van der Waals surface area (Å²) in [6, 6.07) is 0.416. The Morgan fingerprint density at radius 3 is 2.48 bits per heavy atom. The van der Waals surface area contributed by atoms with Gasteiger partial charge in [-0.15, -0.1) is 0 Å². The zero-order valence-corrected chi connectivity index (χ0v) is 14.2. The highest BCUT2D eigenvalue weighted by molar-refractivity contribution is 5.40. The van der Waals surface area contributed by atoms with Gasteiger partial charge in [0.25, 0.3) is 0 Å². The molecule has 0 unspecified atom stereocenters. The van der Waals surface area contributed by atoms with Gasteiger partial charge in [0.1, 0.15) is 11.6 Å². The zero-order valence-electron chi connectivity index (χ0n) is 14.2. The topological polar surface area (TPSA) is 43.8 Å². The summed E-state index contributed by atoms with van der Waals surface area (Å²) in [7, 11) is 0. The van der Waals surface area contributed by atoms with Gasteiger partial charge in [-0.1, -0.05) is 45.4 Å². The molecule has 3 heteroatoms. The van der Waals surface area contributed by atoms with Crippen LogP contribution in [0.4, 0.5) is 5.82 Å². The van der Waals surface area contributed by atoms with E-state index in [4.69, 9.17) is 10.7 Å². The second-order valence-corrected chi connectivity index (χ2v) is 6.91. The van der Waals surface area contributed by atoms with Crippen LogP contribution in [0.1, 0.15) is 102 Å². The lowest BCUT2D eigenvalue weighted by molar-refractivity contribution is 0.407. The third-order valence-corrected chi connectivity index (χ3v) is 4.81. The van der Waals surface area contributed by atoms with E-state index in [9.17, 15) is 0 Å². The predicted octanol–water partition coefficient (Wildman–Crippen LogP) is 5.22. The first-order chi connectivity index (χ1) is 10.1. The van der Waals surface area contributed by atoms with E-state index in [0.717, 1.165) is 17.9 Å². The molecule has 3 nitrogen and oxygen atoms in total. The molecule has 21 heavy (non-hydrogen) atoms. The van der Waals surface area contributed by atoms with E-state index in [1.165, 1.54) is 63.6 Å². The molecule has 1 aliphatic carbocycles. The molecule has 2 N–H and O–H groups in total. The standard InChI is InChI=1S/C18H33N3/c1-4-5-6-10-13-16-17(19)21(14(2)3)18(20-16)15-11-8-7-9-12-15/h14-15H,4-13,19H2,1-3H3. The van der Waals surface area contributed by atoms with Gasteiger partial charge in [0, 0.05) is 12.0 Å². The van der Waals surface area contributed by atoms with Crippen LogP contribution in [0, 0.1) is 0 Å². The van der Waals surface area contributed by atoms with Gasteiger partial charge < -0.3 is 10.3 Å². The predicted molar refractivity (Wildman–Crippen MR) is 90.7 cm³/mol. The SMILES string of the molecule is CCCCCCc1nc(C2CCCCC2)n(C(C)C)c1N. The number of anilines is 1. The molecule has 2 rings (SSSR count). The maximum absolute atomic E-state index is 6.43. The normalized spacial score (nSPS) is 16.8. The van der Waals surface area contributed by atoms with E-state index in [-0.39, 0.29) is 0 Å². The maximum Gasteiger partial charge on any atom is 0.127 e. The van der Waals surface area contributed by atoms with Gasteiger partial charge in [-0.3, -0.25) is 0 Å². The molecule has 0 spiro atoms. The Labute approximate surface area is 130 Å². The van der Waals surface area contributed by atoms with Crippen molar-refractivity contribution in [3.63, 3.8) is 0 Å². The summed E-state index contributed by atoms with van der Waals surface area (Å²) in [5.41, 5.74) is 7.58. The average Bonchev–Trinajstić information content (AvgIpc) is 2.82. The van der Waals surface area contributed by atoms with Crippen molar-refractivity contribution >= 4 is 5.82 Å². The second kappa shape index (κ2) is 7.86. The minimum atomic E-state index is 0.416. The molecule has 0 atom stereocenters. The number of nitrogens with zero attached hydrogens (tertiary/aromatic N) is 2. The molecule has 1 aromatic heterocycles.